The van der Waals surface area contributed by atoms with Crippen molar-refractivity contribution in [1.82, 2.24) is 4.72 Å². The van der Waals surface area contributed by atoms with Gasteiger partial charge in [0, 0.05) is 13.2 Å². The van der Waals surface area contributed by atoms with Gasteiger partial charge in [0.25, 0.3) is 0 Å². The van der Waals surface area contributed by atoms with E-state index < -0.39 is 10.0 Å². The second kappa shape index (κ2) is 5.38. The molecular weight excluding hydrogens is 250 g/mol. The van der Waals surface area contributed by atoms with Crippen molar-refractivity contribution in [1.29, 1.82) is 0 Å². The lowest BCUT2D eigenvalue weighted by atomic mass is 10.2. The summed E-state index contributed by atoms with van der Waals surface area (Å²) >= 11 is 0. The highest BCUT2D eigenvalue weighted by molar-refractivity contribution is 7.89. The molecule has 1 aromatic carbocycles. The predicted molar refractivity (Wildman–Crippen MR) is 69.9 cm³/mol. The van der Waals surface area contributed by atoms with Crippen molar-refractivity contribution in [3.8, 4) is 0 Å². The first-order valence-electron chi connectivity index (χ1n) is 6.15. The Morgan fingerprint density at radius 3 is 2.67 bits per heavy atom. The zero-order valence-electron chi connectivity index (χ0n) is 10.7. The molecule has 1 N–H and O–H groups in total. The fourth-order valence-corrected chi connectivity index (χ4v) is 4.01. The lowest BCUT2D eigenvalue weighted by Gasteiger charge is -2.20. The highest BCUT2D eigenvalue weighted by atomic mass is 32.2. The van der Waals surface area contributed by atoms with Crippen molar-refractivity contribution >= 4 is 10.0 Å². The van der Waals surface area contributed by atoms with Gasteiger partial charge in [0.2, 0.25) is 10.0 Å². The monoisotopic (exact) mass is 269 g/mol. The molecule has 1 aliphatic carbocycles. The maximum atomic E-state index is 12.3. The minimum absolute atomic E-state index is 0.0104. The Morgan fingerprint density at radius 1 is 1.28 bits per heavy atom. The average molecular weight is 269 g/mol. The zero-order chi connectivity index (χ0) is 13.2. The molecule has 0 aliphatic heterocycles. The SMILES string of the molecule is COC1CCCC1NS(=O)(=O)c1ccccc1C. The molecule has 2 rings (SSSR count). The molecule has 0 radical (unpaired) electrons. The molecule has 4 nitrogen and oxygen atoms in total. The summed E-state index contributed by atoms with van der Waals surface area (Å²) < 4.78 is 32.7. The van der Waals surface area contributed by atoms with E-state index in [9.17, 15) is 8.42 Å². The van der Waals surface area contributed by atoms with E-state index in [0.717, 1.165) is 24.8 Å². The third kappa shape index (κ3) is 2.74. The number of aryl methyl sites for hydroxylation is 1. The number of ether oxygens (including phenoxy) is 1. The van der Waals surface area contributed by atoms with Gasteiger partial charge >= 0.3 is 0 Å². The van der Waals surface area contributed by atoms with Crippen molar-refractivity contribution in [3.63, 3.8) is 0 Å². The second-order valence-electron chi connectivity index (χ2n) is 4.70. The van der Waals surface area contributed by atoms with E-state index in [-0.39, 0.29) is 12.1 Å². The fraction of sp³-hybridized carbons (Fsp3) is 0.538. The van der Waals surface area contributed by atoms with Crippen molar-refractivity contribution < 1.29 is 13.2 Å². The molecule has 100 valence electrons. The summed E-state index contributed by atoms with van der Waals surface area (Å²) in [5, 5.41) is 0. The Hall–Kier alpha value is -0.910. The molecule has 0 bridgehead atoms. The molecule has 0 heterocycles. The Balaban J connectivity index is 2.20. The van der Waals surface area contributed by atoms with Gasteiger partial charge in [-0.05, 0) is 37.8 Å². The minimum Gasteiger partial charge on any atom is -0.380 e. The van der Waals surface area contributed by atoms with Crippen LogP contribution in [0.25, 0.3) is 0 Å². The lowest BCUT2D eigenvalue weighted by molar-refractivity contribution is 0.0916. The summed E-state index contributed by atoms with van der Waals surface area (Å²) in [6.45, 7) is 1.80. The van der Waals surface area contributed by atoms with Crippen molar-refractivity contribution in [3.05, 3.63) is 29.8 Å². The number of hydrogen-bond acceptors (Lipinski definition) is 3. The number of hydrogen-bond donors (Lipinski definition) is 1. The number of sulfonamides is 1. The molecule has 5 heteroatoms. The van der Waals surface area contributed by atoms with Crippen LogP contribution in [0.3, 0.4) is 0 Å². The van der Waals surface area contributed by atoms with Gasteiger partial charge < -0.3 is 4.74 Å². The number of nitrogens with one attached hydrogen (secondary N) is 1. The number of benzene rings is 1. The van der Waals surface area contributed by atoms with Crippen molar-refractivity contribution in [2.75, 3.05) is 7.11 Å². The van der Waals surface area contributed by atoms with E-state index in [0.29, 0.717) is 4.90 Å². The first-order valence-corrected chi connectivity index (χ1v) is 7.63. The Morgan fingerprint density at radius 2 is 2.00 bits per heavy atom. The van der Waals surface area contributed by atoms with Crippen molar-refractivity contribution in [2.45, 2.75) is 43.2 Å². The third-order valence-electron chi connectivity index (χ3n) is 3.44. The van der Waals surface area contributed by atoms with Crippen LogP contribution in [0.5, 0.6) is 0 Å². The Labute approximate surface area is 108 Å². The second-order valence-corrected chi connectivity index (χ2v) is 6.38. The van der Waals surface area contributed by atoms with Gasteiger partial charge in [-0.15, -0.1) is 0 Å². The maximum absolute atomic E-state index is 12.3. The molecule has 1 aliphatic rings. The normalized spacial score (nSPS) is 24.3. The molecule has 0 saturated heterocycles. The smallest absolute Gasteiger partial charge is 0.241 e. The molecule has 2 unspecified atom stereocenters. The van der Waals surface area contributed by atoms with Gasteiger partial charge in [0.1, 0.15) is 0 Å². The molecule has 1 aromatic rings. The van der Waals surface area contributed by atoms with Crippen molar-refractivity contribution in [2.24, 2.45) is 0 Å². The Bertz CT molecular complexity index is 513. The van der Waals surface area contributed by atoms with Crippen LogP contribution in [0.2, 0.25) is 0 Å². The zero-order valence-corrected chi connectivity index (χ0v) is 11.5. The average Bonchev–Trinajstić information content (AvgIpc) is 2.76. The van der Waals surface area contributed by atoms with Gasteiger partial charge in [-0.1, -0.05) is 18.2 Å². The third-order valence-corrected chi connectivity index (χ3v) is 5.10. The van der Waals surface area contributed by atoms with Gasteiger partial charge in [0.15, 0.2) is 0 Å². The van der Waals surface area contributed by atoms with Gasteiger partial charge in [-0.3, -0.25) is 0 Å². The molecule has 2 atom stereocenters. The van der Waals surface area contributed by atoms with E-state index in [1.165, 1.54) is 0 Å². The van der Waals surface area contributed by atoms with Gasteiger partial charge in [0.05, 0.1) is 11.0 Å². The highest BCUT2D eigenvalue weighted by Gasteiger charge is 2.31. The molecular formula is C13H19NO3S. The van der Waals surface area contributed by atoms with Crippen LogP contribution in [0.15, 0.2) is 29.2 Å². The largest absolute Gasteiger partial charge is 0.380 e. The summed E-state index contributed by atoms with van der Waals surface area (Å²) in [7, 11) is -1.82. The van der Waals surface area contributed by atoms with E-state index >= 15 is 0 Å². The minimum atomic E-state index is -3.45. The lowest BCUT2D eigenvalue weighted by Crippen LogP contribution is -2.40. The summed E-state index contributed by atoms with van der Waals surface area (Å²) in [4.78, 5) is 0.353. The van der Waals surface area contributed by atoms with Crippen LogP contribution in [0, 0.1) is 6.92 Å². The number of methoxy groups -OCH3 is 1. The van der Waals surface area contributed by atoms with Crippen LogP contribution in [0.1, 0.15) is 24.8 Å². The predicted octanol–water partition coefficient (Wildman–Crippen LogP) is 1.84. The fourth-order valence-electron chi connectivity index (χ4n) is 2.46. The molecule has 0 aromatic heterocycles. The van der Waals surface area contributed by atoms with E-state index in [1.54, 1.807) is 32.2 Å². The van der Waals surface area contributed by atoms with Gasteiger partial charge in [-0.2, -0.15) is 0 Å². The van der Waals surface area contributed by atoms with Gasteiger partial charge in [-0.25, -0.2) is 13.1 Å². The van der Waals surface area contributed by atoms with E-state index in [4.69, 9.17) is 4.74 Å². The molecule has 1 saturated carbocycles. The van der Waals surface area contributed by atoms with Crippen LogP contribution in [-0.2, 0) is 14.8 Å². The van der Waals surface area contributed by atoms with Crippen LogP contribution >= 0.6 is 0 Å². The summed E-state index contributed by atoms with van der Waals surface area (Å²) in [6, 6.07) is 6.90. The quantitative estimate of drug-likeness (QED) is 0.907. The summed E-state index contributed by atoms with van der Waals surface area (Å²) in [5.74, 6) is 0. The van der Waals surface area contributed by atoms with Crippen LogP contribution in [0.4, 0.5) is 0 Å². The standard InChI is InChI=1S/C13H19NO3S/c1-10-6-3-4-9-13(10)18(15,16)14-11-7-5-8-12(11)17-2/h3-4,6,9,11-12,14H,5,7-8H2,1-2H3. The highest BCUT2D eigenvalue weighted by Crippen LogP contribution is 2.24. The molecule has 1 fully saturated rings. The first kappa shape index (κ1) is 13.5. The Kier molecular flexibility index (Phi) is 4.04. The summed E-state index contributed by atoms with van der Waals surface area (Å²) in [5.41, 5.74) is 0.761. The van der Waals surface area contributed by atoms with Crippen LogP contribution in [-0.4, -0.2) is 27.7 Å². The molecule has 18 heavy (non-hydrogen) atoms. The molecule has 0 amide bonds. The number of rotatable bonds is 4. The summed E-state index contributed by atoms with van der Waals surface area (Å²) in [6.07, 6.45) is 2.74. The van der Waals surface area contributed by atoms with Crippen LogP contribution < -0.4 is 4.72 Å². The first-order chi connectivity index (χ1) is 8.54. The molecule has 0 spiro atoms. The van der Waals surface area contributed by atoms with E-state index in [2.05, 4.69) is 4.72 Å². The topological polar surface area (TPSA) is 55.4 Å². The maximum Gasteiger partial charge on any atom is 0.241 e. The van der Waals surface area contributed by atoms with E-state index in [1.807, 2.05) is 6.07 Å².